The number of carbonyl (C=O) groups is 1. The molecule has 0 unspecified atom stereocenters. The van der Waals surface area contributed by atoms with Crippen molar-refractivity contribution in [2.45, 2.75) is 11.8 Å². The van der Waals surface area contributed by atoms with E-state index in [0.29, 0.717) is 0 Å². The van der Waals surface area contributed by atoms with Crippen molar-refractivity contribution in [2.75, 3.05) is 6.79 Å². The lowest BCUT2D eigenvalue weighted by Gasteiger charge is -2.04. The van der Waals surface area contributed by atoms with E-state index >= 15 is 0 Å². The van der Waals surface area contributed by atoms with Gasteiger partial charge in [-0.25, -0.2) is 4.18 Å². The smallest absolute Gasteiger partial charge is 0.300 e. The molecule has 82 valence electrons. The first-order valence-electron chi connectivity index (χ1n) is 4.07. The number of benzene rings is 1. The number of ether oxygens (including phenoxy) is 1. The first-order chi connectivity index (χ1) is 7.06. The monoisotopic (exact) mass is 230 g/mol. The molecule has 0 aromatic heterocycles. The van der Waals surface area contributed by atoms with E-state index in [9.17, 15) is 13.2 Å². The zero-order valence-electron chi connectivity index (χ0n) is 8.04. The minimum atomic E-state index is -3.83. The van der Waals surface area contributed by atoms with Gasteiger partial charge in [-0.2, -0.15) is 8.42 Å². The Kier molecular flexibility index (Phi) is 3.81. The molecule has 0 aliphatic heterocycles. The molecule has 0 atom stereocenters. The van der Waals surface area contributed by atoms with E-state index in [1.807, 2.05) is 6.92 Å². The number of aryl methyl sites for hydroxylation is 1. The standard InChI is InChI=1S/C9H10O5S/c1-8-2-4-9(5-3-8)15(11,12)14-7-13-6-10/h2-6H,7H2,1H3. The van der Waals surface area contributed by atoms with Crippen molar-refractivity contribution in [1.82, 2.24) is 0 Å². The fourth-order valence-electron chi connectivity index (χ4n) is 0.892. The number of hydrogen-bond donors (Lipinski definition) is 0. The maximum Gasteiger partial charge on any atom is 0.300 e. The van der Waals surface area contributed by atoms with Crippen LogP contribution in [-0.4, -0.2) is 21.7 Å². The van der Waals surface area contributed by atoms with E-state index in [1.54, 1.807) is 12.1 Å². The molecule has 0 bridgehead atoms. The first-order valence-corrected chi connectivity index (χ1v) is 5.48. The van der Waals surface area contributed by atoms with Crippen LogP contribution in [0.4, 0.5) is 0 Å². The molecule has 0 spiro atoms. The maximum atomic E-state index is 11.4. The average molecular weight is 230 g/mol. The van der Waals surface area contributed by atoms with E-state index in [1.165, 1.54) is 12.1 Å². The molecule has 5 nitrogen and oxygen atoms in total. The van der Waals surface area contributed by atoms with Gasteiger partial charge in [-0.05, 0) is 19.1 Å². The van der Waals surface area contributed by atoms with Crippen molar-refractivity contribution < 1.29 is 22.1 Å². The summed E-state index contributed by atoms with van der Waals surface area (Å²) in [4.78, 5) is 9.81. The summed E-state index contributed by atoms with van der Waals surface area (Å²) in [5.41, 5.74) is 0.943. The zero-order valence-corrected chi connectivity index (χ0v) is 8.86. The van der Waals surface area contributed by atoms with Crippen LogP contribution in [0.25, 0.3) is 0 Å². The summed E-state index contributed by atoms with van der Waals surface area (Å²) < 4.78 is 31.3. The molecular weight excluding hydrogens is 220 g/mol. The van der Waals surface area contributed by atoms with Crippen molar-refractivity contribution in [3.05, 3.63) is 29.8 Å². The molecule has 0 N–H and O–H groups in total. The number of rotatable bonds is 5. The van der Waals surface area contributed by atoms with Gasteiger partial charge in [0.25, 0.3) is 16.6 Å². The van der Waals surface area contributed by atoms with Crippen molar-refractivity contribution >= 4 is 16.6 Å². The molecule has 0 aliphatic rings. The SMILES string of the molecule is Cc1ccc(S(=O)(=O)OCOC=O)cc1. The van der Waals surface area contributed by atoms with Gasteiger partial charge in [0.2, 0.25) is 6.79 Å². The first kappa shape index (κ1) is 11.7. The van der Waals surface area contributed by atoms with Gasteiger partial charge in [0.1, 0.15) is 0 Å². The minimum absolute atomic E-state index is 0.0302. The van der Waals surface area contributed by atoms with Gasteiger partial charge >= 0.3 is 0 Å². The van der Waals surface area contributed by atoms with Crippen molar-refractivity contribution in [1.29, 1.82) is 0 Å². The molecular formula is C9H10O5S. The minimum Gasteiger partial charge on any atom is -0.439 e. The molecule has 6 heteroatoms. The summed E-state index contributed by atoms with van der Waals surface area (Å²) in [5.74, 6) is 0. The summed E-state index contributed by atoms with van der Waals surface area (Å²) in [7, 11) is -3.83. The van der Waals surface area contributed by atoms with Gasteiger partial charge in [-0.1, -0.05) is 17.7 Å². The third-order valence-electron chi connectivity index (χ3n) is 1.65. The van der Waals surface area contributed by atoms with Crippen LogP contribution in [0.5, 0.6) is 0 Å². The predicted molar refractivity (Wildman–Crippen MR) is 51.5 cm³/mol. The summed E-state index contributed by atoms with van der Waals surface area (Å²) in [6.07, 6.45) is 0. The van der Waals surface area contributed by atoms with Crippen LogP contribution in [0.3, 0.4) is 0 Å². The van der Waals surface area contributed by atoms with Crippen LogP contribution < -0.4 is 0 Å². The Morgan fingerprint density at radius 2 is 1.87 bits per heavy atom. The van der Waals surface area contributed by atoms with E-state index in [0.717, 1.165) is 5.56 Å². The molecule has 15 heavy (non-hydrogen) atoms. The van der Waals surface area contributed by atoms with Crippen LogP contribution in [0.1, 0.15) is 5.56 Å². The average Bonchev–Trinajstić information content (AvgIpc) is 2.18. The molecule has 0 amide bonds. The lowest BCUT2D eigenvalue weighted by atomic mass is 10.2. The summed E-state index contributed by atoms with van der Waals surface area (Å²) in [6, 6.07) is 6.14. The summed E-state index contributed by atoms with van der Waals surface area (Å²) in [6.45, 7) is 1.34. The Labute approximate surface area is 87.7 Å². The molecule has 0 heterocycles. The maximum absolute atomic E-state index is 11.4. The van der Waals surface area contributed by atoms with Gasteiger partial charge in [-0.3, -0.25) is 4.79 Å². The van der Waals surface area contributed by atoms with E-state index < -0.39 is 16.9 Å². The highest BCUT2D eigenvalue weighted by Crippen LogP contribution is 2.12. The highest BCUT2D eigenvalue weighted by atomic mass is 32.2. The normalized spacial score (nSPS) is 11.0. The lowest BCUT2D eigenvalue weighted by Crippen LogP contribution is -2.09. The number of hydrogen-bond acceptors (Lipinski definition) is 5. The van der Waals surface area contributed by atoms with Gasteiger partial charge in [0.05, 0.1) is 4.90 Å². The van der Waals surface area contributed by atoms with Crippen LogP contribution in [0.15, 0.2) is 29.2 Å². The Bertz CT molecular complexity index is 420. The third kappa shape index (κ3) is 3.34. The largest absolute Gasteiger partial charge is 0.439 e. The van der Waals surface area contributed by atoms with E-state index in [2.05, 4.69) is 8.92 Å². The van der Waals surface area contributed by atoms with Crippen LogP contribution in [0.2, 0.25) is 0 Å². The van der Waals surface area contributed by atoms with Crippen molar-refractivity contribution in [2.24, 2.45) is 0 Å². The zero-order chi connectivity index (χ0) is 11.3. The molecule has 1 aromatic rings. The Morgan fingerprint density at radius 1 is 1.27 bits per heavy atom. The van der Waals surface area contributed by atoms with Crippen molar-refractivity contribution in [3.8, 4) is 0 Å². The second-order valence-electron chi connectivity index (χ2n) is 2.77. The van der Waals surface area contributed by atoms with Crippen LogP contribution in [0, 0.1) is 6.92 Å². The second kappa shape index (κ2) is 4.90. The fraction of sp³-hybridized carbons (Fsp3) is 0.222. The van der Waals surface area contributed by atoms with E-state index in [4.69, 9.17) is 0 Å². The fourth-order valence-corrected chi connectivity index (χ4v) is 1.68. The topological polar surface area (TPSA) is 69.7 Å². The molecule has 0 aliphatic carbocycles. The van der Waals surface area contributed by atoms with Gasteiger partial charge < -0.3 is 4.74 Å². The molecule has 0 saturated carbocycles. The van der Waals surface area contributed by atoms with Gasteiger partial charge in [0, 0.05) is 0 Å². The number of carbonyl (C=O) groups excluding carboxylic acids is 1. The van der Waals surface area contributed by atoms with E-state index in [-0.39, 0.29) is 11.4 Å². The van der Waals surface area contributed by atoms with Gasteiger partial charge in [0.15, 0.2) is 0 Å². The van der Waals surface area contributed by atoms with Crippen molar-refractivity contribution in [3.63, 3.8) is 0 Å². The highest BCUT2D eigenvalue weighted by Gasteiger charge is 2.14. The van der Waals surface area contributed by atoms with Crippen LogP contribution >= 0.6 is 0 Å². The molecule has 1 aromatic carbocycles. The quantitative estimate of drug-likeness (QED) is 0.324. The third-order valence-corrected chi connectivity index (χ3v) is 2.91. The molecule has 0 fully saturated rings. The molecule has 1 rings (SSSR count). The van der Waals surface area contributed by atoms with Crippen LogP contribution in [-0.2, 0) is 23.8 Å². The summed E-state index contributed by atoms with van der Waals surface area (Å²) >= 11 is 0. The highest BCUT2D eigenvalue weighted by molar-refractivity contribution is 7.86. The predicted octanol–water partition coefficient (Wildman–Crippen LogP) is 0.831. The van der Waals surface area contributed by atoms with Gasteiger partial charge in [-0.15, -0.1) is 0 Å². The Balaban J connectivity index is 2.77. The lowest BCUT2D eigenvalue weighted by molar-refractivity contribution is -0.134. The second-order valence-corrected chi connectivity index (χ2v) is 4.38. The Hall–Kier alpha value is -1.40. The Morgan fingerprint density at radius 3 is 2.40 bits per heavy atom. The molecule has 0 radical (unpaired) electrons. The summed E-state index contributed by atoms with van der Waals surface area (Å²) in [5, 5.41) is 0. The molecule has 0 saturated heterocycles.